The maximum absolute atomic E-state index is 12.7. The molecule has 0 radical (unpaired) electrons. The molecule has 33 heavy (non-hydrogen) atoms. The number of benzene rings is 3. The van der Waals surface area contributed by atoms with Crippen LogP contribution in [0.25, 0.3) is 0 Å². The number of hydrogen-bond acceptors (Lipinski definition) is 6. The number of ether oxygens (including phenoxy) is 2. The summed E-state index contributed by atoms with van der Waals surface area (Å²) in [5, 5.41) is 5.19. The highest BCUT2D eigenvalue weighted by atomic mass is 32.2. The van der Waals surface area contributed by atoms with E-state index in [1.165, 1.54) is 18.9 Å². The predicted molar refractivity (Wildman–Crippen MR) is 129 cm³/mol. The number of methoxy groups -OCH3 is 2. The van der Waals surface area contributed by atoms with Crippen LogP contribution in [0.1, 0.15) is 27.6 Å². The first-order chi connectivity index (χ1) is 15.9. The van der Waals surface area contributed by atoms with Crippen molar-refractivity contribution in [3.63, 3.8) is 0 Å². The molecule has 1 unspecified atom stereocenters. The van der Waals surface area contributed by atoms with E-state index in [1.807, 2.05) is 12.1 Å². The molecule has 3 aromatic carbocycles. The second kappa shape index (κ2) is 11.2. The van der Waals surface area contributed by atoms with Crippen molar-refractivity contribution in [1.29, 1.82) is 0 Å². The molecule has 3 rings (SSSR count). The van der Waals surface area contributed by atoms with Crippen molar-refractivity contribution in [2.45, 2.75) is 17.1 Å². The lowest BCUT2D eigenvalue weighted by Gasteiger charge is -2.14. The van der Waals surface area contributed by atoms with Gasteiger partial charge in [0.2, 0.25) is 5.91 Å². The second-order valence-corrected chi connectivity index (χ2v) is 8.41. The highest BCUT2D eigenvalue weighted by Gasteiger charge is 2.18. The molecule has 0 aliphatic carbocycles. The number of anilines is 2. The number of carbonyl (C=O) groups excluding carboxylic acids is 3. The fourth-order valence-corrected chi connectivity index (χ4v) is 3.89. The molecule has 170 valence electrons. The number of rotatable bonds is 8. The number of nitrogens with one attached hydrogen (secondary N) is 2. The number of carbonyl (C=O) groups is 3. The van der Waals surface area contributed by atoms with Gasteiger partial charge in [0, 0.05) is 16.1 Å². The zero-order valence-corrected chi connectivity index (χ0v) is 19.3. The van der Waals surface area contributed by atoms with Crippen molar-refractivity contribution < 1.29 is 23.9 Å². The smallest absolute Gasteiger partial charge is 0.339 e. The normalized spacial score (nSPS) is 11.2. The molecule has 0 saturated heterocycles. The van der Waals surface area contributed by atoms with Crippen LogP contribution in [0, 0.1) is 0 Å². The van der Waals surface area contributed by atoms with E-state index in [9.17, 15) is 14.4 Å². The molecule has 2 N–H and O–H groups in total. The Hall–Kier alpha value is -3.78. The first-order valence-corrected chi connectivity index (χ1v) is 11.0. The molecule has 0 bridgehead atoms. The lowest BCUT2D eigenvalue weighted by molar-refractivity contribution is -0.115. The number of esters is 1. The SMILES string of the molecule is COC(=O)c1ccccc1NC(=O)C(C)Sc1cccc(NC(=O)c2ccc(OC)cc2)c1. The summed E-state index contributed by atoms with van der Waals surface area (Å²) in [6, 6.07) is 20.7. The average Bonchev–Trinajstić information content (AvgIpc) is 2.84. The Labute approximate surface area is 196 Å². The van der Waals surface area contributed by atoms with Crippen molar-refractivity contribution in [2.24, 2.45) is 0 Å². The minimum absolute atomic E-state index is 0.245. The van der Waals surface area contributed by atoms with Crippen LogP contribution < -0.4 is 15.4 Å². The third-order valence-electron chi connectivity index (χ3n) is 4.72. The molecule has 0 aliphatic heterocycles. The van der Waals surface area contributed by atoms with Gasteiger partial charge in [-0.15, -0.1) is 11.8 Å². The standard InChI is InChI=1S/C25H24N2O5S/c1-16(23(28)27-22-10-5-4-9-21(22)25(30)32-3)33-20-8-6-7-18(15-20)26-24(29)17-11-13-19(31-2)14-12-17/h4-16H,1-3H3,(H,26,29)(H,27,28). The average molecular weight is 465 g/mol. The molecule has 1 atom stereocenters. The van der Waals surface area contributed by atoms with Crippen molar-refractivity contribution in [1.82, 2.24) is 0 Å². The van der Waals surface area contributed by atoms with Crippen molar-refractivity contribution in [3.8, 4) is 5.75 Å². The summed E-state index contributed by atoms with van der Waals surface area (Å²) in [6.07, 6.45) is 0. The molecule has 0 spiro atoms. The summed E-state index contributed by atoms with van der Waals surface area (Å²) in [7, 11) is 2.86. The molecule has 2 amide bonds. The van der Waals surface area contributed by atoms with E-state index in [4.69, 9.17) is 9.47 Å². The fourth-order valence-electron chi connectivity index (χ4n) is 2.96. The molecular weight excluding hydrogens is 440 g/mol. The minimum atomic E-state index is -0.522. The van der Waals surface area contributed by atoms with Crippen LogP contribution in [0.15, 0.2) is 77.7 Å². The number of para-hydroxylation sites is 1. The van der Waals surface area contributed by atoms with Gasteiger partial charge >= 0.3 is 5.97 Å². The fraction of sp³-hybridized carbons (Fsp3) is 0.160. The van der Waals surface area contributed by atoms with Crippen molar-refractivity contribution in [2.75, 3.05) is 24.9 Å². The lowest BCUT2D eigenvalue weighted by atomic mass is 10.2. The Balaban J connectivity index is 1.64. The molecule has 0 heterocycles. The van der Waals surface area contributed by atoms with E-state index >= 15 is 0 Å². The van der Waals surface area contributed by atoms with Gasteiger partial charge in [-0.3, -0.25) is 9.59 Å². The van der Waals surface area contributed by atoms with Gasteiger partial charge in [-0.2, -0.15) is 0 Å². The summed E-state index contributed by atoms with van der Waals surface area (Å²) >= 11 is 1.34. The Morgan fingerprint density at radius 3 is 2.30 bits per heavy atom. The Morgan fingerprint density at radius 2 is 1.61 bits per heavy atom. The zero-order valence-electron chi connectivity index (χ0n) is 18.5. The van der Waals surface area contributed by atoms with Gasteiger partial charge in [-0.1, -0.05) is 18.2 Å². The monoisotopic (exact) mass is 464 g/mol. The zero-order chi connectivity index (χ0) is 23.8. The quantitative estimate of drug-likeness (QED) is 0.366. The van der Waals surface area contributed by atoms with E-state index in [2.05, 4.69) is 10.6 Å². The Morgan fingerprint density at radius 1 is 0.879 bits per heavy atom. The highest BCUT2D eigenvalue weighted by molar-refractivity contribution is 8.00. The van der Waals surface area contributed by atoms with Gasteiger partial charge in [0.25, 0.3) is 5.91 Å². The van der Waals surface area contributed by atoms with Crippen LogP contribution >= 0.6 is 11.8 Å². The van der Waals surface area contributed by atoms with Crippen molar-refractivity contribution >= 4 is 40.9 Å². The third-order valence-corrected chi connectivity index (χ3v) is 5.81. The highest BCUT2D eigenvalue weighted by Crippen LogP contribution is 2.27. The van der Waals surface area contributed by atoms with E-state index < -0.39 is 11.2 Å². The largest absolute Gasteiger partial charge is 0.497 e. The molecule has 8 heteroatoms. The van der Waals surface area contributed by atoms with Gasteiger partial charge < -0.3 is 20.1 Å². The third kappa shape index (κ3) is 6.36. The van der Waals surface area contributed by atoms with E-state index in [0.29, 0.717) is 22.7 Å². The topological polar surface area (TPSA) is 93.7 Å². The molecule has 0 aliphatic rings. The van der Waals surface area contributed by atoms with Gasteiger partial charge in [0.1, 0.15) is 5.75 Å². The van der Waals surface area contributed by atoms with Gasteiger partial charge in [-0.25, -0.2) is 4.79 Å². The molecule has 0 saturated carbocycles. The first kappa shape index (κ1) is 23.9. The van der Waals surface area contributed by atoms with Gasteiger partial charge in [0.05, 0.1) is 30.7 Å². The predicted octanol–water partition coefficient (Wildman–Crippen LogP) is 4.85. The summed E-state index contributed by atoms with van der Waals surface area (Å²) in [6.45, 7) is 1.77. The summed E-state index contributed by atoms with van der Waals surface area (Å²) in [5.41, 5.74) is 1.80. The maximum Gasteiger partial charge on any atom is 0.339 e. The summed E-state index contributed by atoms with van der Waals surface area (Å²) in [4.78, 5) is 38.0. The molecule has 3 aromatic rings. The molecule has 7 nitrogen and oxygen atoms in total. The van der Waals surface area contributed by atoms with Gasteiger partial charge in [-0.05, 0) is 61.5 Å². The number of amides is 2. The molecule has 0 fully saturated rings. The van der Waals surface area contributed by atoms with Crippen LogP contribution in [0.4, 0.5) is 11.4 Å². The maximum atomic E-state index is 12.7. The second-order valence-electron chi connectivity index (χ2n) is 7.00. The van der Waals surface area contributed by atoms with E-state index in [1.54, 1.807) is 74.7 Å². The van der Waals surface area contributed by atoms with E-state index in [0.717, 1.165) is 4.90 Å². The molecular formula is C25H24N2O5S. The van der Waals surface area contributed by atoms with Crippen LogP contribution in [0.3, 0.4) is 0 Å². The Bertz CT molecular complexity index is 1150. The number of thioether (sulfide) groups is 1. The van der Waals surface area contributed by atoms with Crippen LogP contribution in [-0.2, 0) is 9.53 Å². The van der Waals surface area contributed by atoms with Gasteiger partial charge in [0.15, 0.2) is 0 Å². The first-order valence-electron chi connectivity index (χ1n) is 10.1. The summed E-state index contributed by atoms with van der Waals surface area (Å²) < 4.78 is 9.88. The minimum Gasteiger partial charge on any atom is -0.497 e. The Kier molecular flexibility index (Phi) is 8.10. The van der Waals surface area contributed by atoms with Crippen molar-refractivity contribution in [3.05, 3.63) is 83.9 Å². The van der Waals surface area contributed by atoms with Crippen LogP contribution in [-0.4, -0.2) is 37.3 Å². The van der Waals surface area contributed by atoms with Crippen LogP contribution in [0.5, 0.6) is 5.75 Å². The van der Waals surface area contributed by atoms with E-state index in [-0.39, 0.29) is 17.4 Å². The number of hydrogen-bond donors (Lipinski definition) is 2. The summed E-state index contributed by atoms with van der Waals surface area (Å²) in [5.74, 6) is -0.355. The lowest BCUT2D eigenvalue weighted by Crippen LogP contribution is -2.23. The van der Waals surface area contributed by atoms with Crippen LogP contribution in [0.2, 0.25) is 0 Å². The molecule has 0 aromatic heterocycles.